The number of hydrogen-bond acceptors (Lipinski definition) is 5. The Morgan fingerprint density at radius 3 is 2.71 bits per heavy atom. The van der Waals surface area contributed by atoms with Gasteiger partial charge in [0, 0.05) is 0 Å². The fraction of sp³-hybridized carbons (Fsp3) is 0.200. The van der Waals surface area contributed by atoms with Crippen molar-refractivity contribution < 1.29 is 18.7 Å². The second-order valence-electron chi connectivity index (χ2n) is 4.27. The second kappa shape index (κ2) is 7.25. The van der Waals surface area contributed by atoms with Gasteiger partial charge >= 0.3 is 5.97 Å². The first-order valence-electron chi connectivity index (χ1n) is 6.41. The molecule has 0 aliphatic carbocycles. The van der Waals surface area contributed by atoms with E-state index in [1.54, 1.807) is 36.6 Å². The Balaban J connectivity index is 1.89. The van der Waals surface area contributed by atoms with Gasteiger partial charge in [-0.05, 0) is 24.3 Å². The first-order chi connectivity index (χ1) is 10.2. The molecule has 0 bridgehead atoms. The van der Waals surface area contributed by atoms with Crippen molar-refractivity contribution in [2.75, 3.05) is 19.0 Å². The molecule has 6 nitrogen and oxygen atoms in total. The third kappa shape index (κ3) is 4.19. The minimum absolute atomic E-state index is 0.107. The molecule has 0 saturated carbocycles. The highest BCUT2D eigenvalue weighted by atomic mass is 16.5. The van der Waals surface area contributed by atoms with Gasteiger partial charge in [-0.15, -0.1) is 0 Å². The van der Waals surface area contributed by atoms with Crippen LogP contribution in [0.1, 0.15) is 16.1 Å². The van der Waals surface area contributed by atoms with Gasteiger partial charge in [0.15, 0.2) is 0 Å². The van der Waals surface area contributed by atoms with Crippen LogP contribution in [-0.2, 0) is 16.1 Å². The molecule has 2 aromatic rings. The summed E-state index contributed by atoms with van der Waals surface area (Å²) in [4.78, 5) is 23.4. The molecule has 0 radical (unpaired) electrons. The first kappa shape index (κ1) is 14.8. The van der Waals surface area contributed by atoms with Crippen LogP contribution in [0.4, 0.5) is 5.69 Å². The van der Waals surface area contributed by atoms with Gasteiger partial charge in [-0.2, -0.15) is 0 Å². The Labute approximate surface area is 122 Å². The zero-order chi connectivity index (χ0) is 15.1. The van der Waals surface area contributed by atoms with Crippen molar-refractivity contribution in [2.24, 2.45) is 0 Å². The third-order valence-electron chi connectivity index (χ3n) is 2.77. The lowest BCUT2D eigenvalue weighted by Crippen LogP contribution is -2.28. The number of furan rings is 1. The maximum atomic E-state index is 11.8. The highest BCUT2D eigenvalue weighted by Gasteiger charge is 2.12. The average molecular weight is 288 g/mol. The lowest BCUT2D eigenvalue weighted by molar-refractivity contribution is -0.115. The van der Waals surface area contributed by atoms with E-state index in [2.05, 4.69) is 15.4 Å². The Hall–Kier alpha value is -2.60. The van der Waals surface area contributed by atoms with Gasteiger partial charge in [-0.1, -0.05) is 12.1 Å². The summed E-state index contributed by atoms with van der Waals surface area (Å²) in [6.07, 6.45) is 1.57. The van der Waals surface area contributed by atoms with Crippen molar-refractivity contribution in [1.29, 1.82) is 0 Å². The van der Waals surface area contributed by atoms with Gasteiger partial charge in [-0.25, -0.2) is 4.79 Å². The van der Waals surface area contributed by atoms with Crippen LogP contribution < -0.4 is 10.6 Å². The molecule has 6 heteroatoms. The number of para-hydroxylation sites is 1. The third-order valence-corrected chi connectivity index (χ3v) is 2.77. The molecule has 0 atom stereocenters. The summed E-state index contributed by atoms with van der Waals surface area (Å²) in [5, 5.41) is 5.62. The van der Waals surface area contributed by atoms with E-state index in [4.69, 9.17) is 4.42 Å². The van der Waals surface area contributed by atoms with E-state index in [1.807, 2.05) is 6.07 Å². The molecule has 1 aromatic heterocycles. The van der Waals surface area contributed by atoms with Gasteiger partial charge in [-0.3, -0.25) is 4.79 Å². The van der Waals surface area contributed by atoms with Crippen LogP contribution in [0.25, 0.3) is 0 Å². The van der Waals surface area contributed by atoms with Crippen LogP contribution in [0.2, 0.25) is 0 Å². The fourth-order valence-electron chi connectivity index (χ4n) is 1.79. The molecular formula is C15H16N2O4. The number of ether oxygens (including phenoxy) is 1. The Morgan fingerprint density at radius 2 is 2.00 bits per heavy atom. The summed E-state index contributed by atoms with van der Waals surface area (Å²) in [5.41, 5.74) is 0.744. The molecule has 21 heavy (non-hydrogen) atoms. The molecule has 1 heterocycles. The number of amides is 1. The van der Waals surface area contributed by atoms with Crippen molar-refractivity contribution in [3.05, 3.63) is 54.0 Å². The predicted molar refractivity (Wildman–Crippen MR) is 76.8 cm³/mol. The minimum atomic E-state index is -0.491. The normalized spacial score (nSPS) is 10.1. The number of carbonyl (C=O) groups is 2. The van der Waals surface area contributed by atoms with Crippen molar-refractivity contribution in [3.8, 4) is 0 Å². The van der Waals surface area contributed by atoms with E-state index in [0.29, 0.717) is 17.8 Å². The van der Waals surface area contributed by atoms with Gasteiger partial charge < -0.3 is 19.8 Å². The lowest BCUT2D eigenvalue weighted by Gasteiger charge is -2.09. The molecule has 2 rings (SSSR count). The fourth-order valence-corrected chi connectivity index (χ4v) is 1.79. The monoisotopic (exact) mass is 288 g/mol. The van der Waals surface area contributed by atoms with Crippen molar-refractivity contribution >= 4 is 17.6 Å². The minimum Gasteiger partial charge on any atom is -0.468 e. The number of rotatable bonds is 6. The molecule has 1 amide bonds. The number of hydrogen-bond donors (Lipinski definition) is 2. The SMILES string of the molecule is COC(=O)c1ccccc1NC(=O)CNCc1ccco1. The largest absolute Gasteiger partial charge is 0.468 e. The van der Waals surface area contributed by atoms with E-state index >= 15 is 0 Å². The van der Waals surface area contributed by atoms with Crippen molar-refractivity contribution in [3.63, 3.8) is 0 Å². The second-order valence-corrected chi connectivity index (χ2v) is 4.27. The molecule has 110 valence electrons. The molecule has 0 unspecified atom stereocenters. The number of methoxy groups -OCH3 is 1. The molecular weight excluding hydrogens is 272 g/mol. The maximum Gasteiger partial charge on any atom is 0.339 e. The number of benzene rings is 1. The number of anilines is 1. The van der Waals surface area contributed by atoms with Gasteiger partial charge in [0.2, 0.25) is 5.91 Å². The van der Waals surface area contributed by atoms with Gasteiger partial charge in [0.05, 0.1) is 37.7 Å². The summed E-state index contributed by atoms with van der Waals surface area (Å²) in [7, 11) is 1.30. The van der Waals surface area contributed by atoms with Crippen LogP contribution in [-0.4, -0.2) is 25.5 Å². The number of nitrogens with one attached hydrogen (secondary N) is 2. The Kier molecular flexibility index (Phi) is 5.11. The number of esters is 1. The summed E-state index contributed by atoms with van der Waals surface area (Å²) < 4.78 is 9.81. The highest BCUT2D eigenvalue weighted by molar-refractivity contribution is 6.01. The summed E-state index contributed by atoms with van der Waals surface area (Å²) in [6.45, 7) is 0.565. The van der Waals surface area contributed by atoms with E-state index < -0.39 is 5.97 Å². The molecule has 2 N–H and O–H groups in total. The van der Waals surface area contributed by atoms with Gasteiger partial charge in [0.1, 0.15) is 5.76 Å². The van der Waals surface area contributed by atoms with Crippen LogP contribution >= 0.6 is 0 Å². The van der Waals surface area contributed by atoms with Crippen LogP contribution in [0.15, 0.2) is 47.1 Å². The van der Waals surface area contributed by atoms with Crippen LogP contribution in [0.3, 0.4) is 0 Å². The molecule has 1 aromatic carbocycles. The Morgan fingerprint density at radius 1 is 1.19 bits per heavy atom. The maximum absolute atomic E-state index is 11.8. The standard InChI is InChI=1S/C15H16N2O4/c1-20-15(19)12-6-2-3-7-13(12)17-14(18)10-16-9-11-5-4-8-21-11/h2-8,16H,9-10H2,1H3,(H,17,18). The zero-order valence-corrected chi connectivity index (χ0v) is 11.6. The van der Waals surface area contributed by atoms with E-state index in [9.17, 15) is 9.59 Å². The molecule has 0 fully saturated rings. The molecule has 0 aliphatic rings. The van der Waals surface area contributed by atoms with Crippen molar-refractivity contribution in [2.45, 2.75) is 6.54 Å². The van der Waals surface area contributed by atoms with E-state index in [-0.39, 0.29) is 12.5 Å². The number of carbonyl (C=O) groups excluding carboxylic acids is 2. The molecule has 0 aliphatic heterocycles. The Bertz CT molecular complexity index is 608. The first-order valence-corrected chi connectivity index (χ1v) is 6.41. The lowest BCUT2D eigenvalue weighted by atomic mass is 10.2. The van der Waals surface area contributed by atoms with Crippen LogP contribution in [0, 0.1) is 0 Å². The highest BCUT2D eigenvalue weighted by Crippen LogP contribution is 2.15. The quantitative estimate of drug-likeness (QED) is 0.792. The molecule has 0 spiro atoms. The zero-order valence-electron chi connectivity index (χ0n) is 11.6. The predicted octanol–water partition coefficient (Wildman–Crippen LogP) is 1.79. The van der Waals surface area contributed by atoms with Gasteiger partial charge in [0.25, 0.3) is 0 Å². The average Bonchev–Trinajstić information content (AvgIpc) is 3.00. The molecule has 0 saturated heterocycles. The topological polar surface area (TPSA) is 80.6 Å². The van der Waals surface area contributed by atoms with Crippen molar-refractivity contribution in [1.82, 2.24) is 5.32 Å². The summed E-state index contributed by atoms with van der Waals surface area (Å²) in [6, 6.07) is 10.3. The summed E-state index contributed by atoms with van der Waals surface area (Å²) >= 11 is 0. The van der Waals surface area contributed by atoms with E-state index in [1.165, 1.54) is 7.11 Å². The smallest absolute Gasteiger partial charge is 0.339 e. The summed E-state index contributed by atoms with van der Waals surface area (Å²) in [5.74, 6) is 0.00474. The van der Waals surface area contributed by atoms with Crippen LogP contribution in [0.5, 0.6) is 0 Å². The van der Waals surface area contributed by atoms with E-state index in [0.717, 1.165) is 5.76 Å².